The van der Waals surface area contributed by atoms with Gasteiger partial charge in [-0.05, 0) is 25.8 Å². The summed E-state index contributed by atoms with van der Waals surface area (Å²) in [6.07, 6.45) is 1.88. The predicted octanol–water partition coefficient (Wildman–Crippen LogP) is 3.40. The summed E-state index contributed by atoms with van der Waals surface area (Å²) in [5.41, 5.74) is 2.74. The maximum absolute atomic E-state index is 12.1. The van der Waals surface area contributed by atoms with E-state index >= 15 is 0 Å². The fourth-order valence-corrected chi connectivity index (χ4v) is 3.56. The van der Waals surface area contributed by atoms with E-state index in [0.717, 1.165) is 41.5 Å². The number of benzene rings is 1. The Kier molecular flexibility index (Phi) is 5.53. The molecule has 0 fully saturated rings. The maximum Gasteiger partial charge on any atom is 0.230 e. The molecular formula is C18H23N5OS. The Morgan fingerprint density at radius 2 is 1.96 bits per heavy atom. The van der Waals surface area contributed by atoms with Crippen molar-refractivity contribution in [3.63, 3.8) is 0 Å². The molecule has 0 atom stereocenters. The van der Waals surface area contributed by atoms with Crippen molar-refractivity contribution >= 4 is 39.7 Å². The molecule has 3 aromatic rings. The van der Waals surface area contributed by atoms with E-state index in [2.05, 4.69) is 51.9 Å². The Bertz CT molecular complexity index is 888. The number of hydrogen-bond donors (Lipinski definition) is 1. The zero-order valence-corrected chi connectivity index (χ0v) is 15.6. The molecule has 0 aliphatic rings. The highest BCUT2D eigenvalue weighted by Gasteiger charge is 2.15. The van der Waals surface area contributed by atoms with Crippen LogP contribution in [0.5, 0.6) is 0 Å². The smallest absolute Gasteiger partial charge is 0.230 e. The van der Waals surface area contributed by atoms with Gasteiger partial charge >= 0.3 is 0 Å². The Morgan fingerprint density at radius 3 is 2.68 bits per heavy atom. The van der Waals surface area contributed by atoms with E-state index in [1.165, 1.54) is 11.8 Å². The lowest BCUT2D eigenvalue weighted by atomic mass is 10.2. The maximum atomic E-state index is 12.1. The lowest BCUT2D eigenvalue weighted by Gasteiger charge is -2.13. The molecule has 0 aliphatic carbocycles. The van der Waals surface area contributed by atoms with Crippen molar-refractivity contribution in [3.05, 3.63) is 24.3 Å². The van der Waals surface area contributed by atoms with Gasteiger partial charge in [-0.25, -0.2) is 4.98 Å². The number of thioether (sulfide) groups is 1. The molecule has 6 nitrogen and oxygen atoms in total. The van der Waals surface area contributed by atoms with Gasteiger partial charge in [0.1, 0.15) is 5.52 Å². The number of nitrogens with one attached hydrogen (secondary N) is 1. The van der Waals surface area contributed by atoms with Gasteiger partial charge in [0.15, 0.2) is 5.65 Å². The van der Waals surface area contributed by atoms with Gasteiger partial charge < -0.3 is 9.88 Å². The fourth-order valence-electron chi connectivity index (χ4n) is 2.96. The number of nitrogens with zero attached hydrogens (tertiary/aromatic N) is 4. The summed E-state index contributed by atoms with van der Waals surface area (Å²) in [6.45, 7) is 7.05. The van der Waals surface area contributed by atoms with E-state index in [0.29, 0.717) is 10.9 Å². The second kappa shape index (κ2) is 7.82. The average Bonchev–Trinajstić information content (AvgIpc) is 2.97. The Balaban J connectivity index is 1.82. The summed E-state index contributed by atoms with van der Waals surface area (Å²) in [7, 11) is 0. The van der Waals surface area contributed by atoms with Crippen LogP contribution in [0.2, 0.25) is 0 Å². The zero-order valence-electron chi connectivity index (χ0n) is 14.8. The molecule has 0 radical (unpaired) electrons. The van der Waals surface area contributed by atoms with Gasteiger partial charge in [0.05, 0.1) is 11.3 Å². The fraction of sp³-hybridized carbons (Fsp3) is 0.444. The quantitative estimate of drug-likeness (QED) is 0.656. The second-order valence-corrected chi connectivity index (χ2v) is 6.84. The average molecular weight is 357 g/mol. The number of rotatable bonds is 7. The standard InChI is InChI=1S/C18H23N5OS/c1-4-12(5-2)19-15(24)11-25-18-20-17-16(21-22-18)13-9-7-8-10-14(13)23(17)6-3/h7-10,12H,4-6,11H2,1-3H3,(H,19,24). The van der Waals surface area contributed by atoms with E-state index in [-0.39, 0.29) is 11.9 Å². The molecule has 1 aromatic carbocycles. The van der Waals surface area contributed by atoms with Crippen LogP contribution in [-0.2, 0) is 11.3 Å². The van der Waals surface area contributed by atoms with Gasteiger partial charge in [-0.2, -0.15) is 0 Å². The number of para-hydroxylation sites is 1. The minimum atomic E-state index is 0.0124. The third-order valence-corrected chi connectivity index (χ3v) is 5.19. The van der Waals surface area contributed by atoms with Gasteiger partial charge in [-0.15, -0.1) is 10.2 Å². The highest BCUT2D eigenvalue weighted by Crippen LogP contribution is 2.26. The van der Waals surface area contributed by atoms with Crippen LogP contribution in [0.25, 0.3) is 22.1 Å². The molecule has 25 heavy (non-hydrogen) atoms. The van der Waals surface area contributed by atoms with E-state index in [9.17, 15) is 4.79 Å². The van der Waals surface area contributed by atoms with Crippen LogP contribution in [0.4, 0.5) is 0 Å². The van der Waals surface area contributed by atoms with Gasteiger partial charge in [0, 0.05) is 18.0 Å². The van der Waals surface area contributed by atoms with Crippen molar-refractivity contribution in [1.29, 1.82) is 0 Å². The van der Waals surface area contributed by atoms with Gasteiger partial charge in [-0.1, -0.05) is 43.8 Å². The summed E-state index contributed by atoms with van der Waals surface area (Å²) >= 11 is 1.33. The van der Waals surface area contributed by atoms with E-state index < -0.39 is 0 Å². The minimum Gasteiger partial charge on any atom is -0.353 e. The predicted molar refractivity (Wildman–Crippen MR) is 102 cm³/mol. The topological polar surface area (TPSA) is 72.7 Å². The van der Waals surface area contributed by atoms with E-state index in [1.807, 2.05) is 18.2 Å². The molecule has 1 N–H and O–H groups in total. The molecule has 1 amide bonds. The molecule has 0 unspecified atom stereocenters. The minimum absolute atomic E-state index is 0.0124. The first-order chi connectivity index (χ1) is 12.2. The lowest BCUT2D eigenvalue weighted by Crippen LogP contribution is -2.35. The molecule has 0 aliphatic heterocycles. The number of fused-ring (bicyclic) bond motifs is 3. The third kappa shape index (κ3) is 3.61. The van der Waals surface area contributed by atoms with Crippen molar-refractivity contribution in [2.24, 2.45) is 0 Å². The largest absolute Gasteiger partial charge is 0.353 e. The summed E-state index contributed by atoms with van der Waals surface area (Å²) in [5, 5.41) is 13.2. The van der Waals surface area contributed by atoms with E-state index in [4.69, 9.17) is 0 Å². The molecule has 2 heterocycles. The number of aryl methyl sites for hydroxylation is 1. The Morgan fingerprint density at radius 1 is 1.20 bits per heavy atom. The highest BCUT2D eigenvalue weighted by molar-refractivity contribution is 7.99. The number of carbonyl (C=O) groups excluding carboxylic acids is 1. The molecule has 7 heteroatoms. The number of carbonyl (C=O) groups is 1. The molecule has 0 bridgehead atoms. The summed E-state index contributed by atoms with van der Waals surface area (Å²) < 4.78 is 2.13. The van der Waals surface area contributed by atoms with Crippen LogP contribution >= 0.6 is 11.8 Å². The van der Waals surface area contributed by atoms with Gasteiger partial charge in [0.25, 0.3) is 0 Å². The highest BCUT2D eigenvalue weighted by atomic mass is 32.2. The van der Waals surface area contributed by atoms with Crippen LogP contribution in [0, 0.1) is 0 Å². The van der Waals surface area contributed by atoms with Crippen LogP contribution in [0.3, 0.4) is 0 Å². The summed E-state index contributed by atoms with van der Waals surface area (Å²) in [4.78, 5) is 16.7. The van der Waals surface area contributed by atoms with Crippen molar-refractivity contribution in [2.45, 2.75) is 51.4 Å². The first kappa shape index (κ1) is 17.7. The van der Waals surface area contributed by atoms with Crippen molar-refractivity contribution in [1.82, 2.24) is 25.1 Å². The summed E-state index contributed by atoms with van der Waals surface area (Å²) in [6, 6.07) is 8.35. The normalized spacial score (nSPS) is 11.5. The SMILES string of the molecule is CCC(CC)NC(=O)CSc1nnc2c3ccccc3n(CC)c2n1. The van der Waals surface area contributed by atoms with Crippen molar-refractivity contribution in [3.8, 4) is 0 Å². The third-order valence-electron chi connectivity index (χ3n) is 4.35. The first-order valence-corrected chi connectivity index (χ1v) is 9.70. The van der Waals surface area contributed by atoms with Crippen molar-refractivity contribution in [2.75, 3.05) is 5.75 Å². The van der Waals surface area contributed by atoms with Crippen LogP contribution in [0.1, 0.15) is 33.6 Å². The number of hydrogen-bond acceptors (Lipinski definition) is 5. The molecule has 0 saturated heterocycles. The molecule has 0 saturated carbocycles. The van der Waals surface area contributed by atoms with E-state index in [1.54, 1.807) is 0 Å². The Labute approximate surface area is 151 Å². The summed E-state index contributed by atoms with van der Waals surface area (Å²) in [5.74, 6) is 0.314. The molecular weight excluding hydrogens is 334 g/mol. The van der Waals surface area contributed by atoms with Crippen LogP contribution < -0.4 is 5.32 Å². The molecule has 0 spiro atoms. The zero-order chi connectivity index (χ0) is 17.8. The monoisotopic (exact) mass is 357 g/mol. The molecule has 2 aromatic heterocycles. The number of aromatic nitrogens is 4. The second-order valence-electron chi connectivity index (χ2n) is 5.90. The molecule has 3 rings (SSSR count). The van der Waals surface area contributed by atoms with Gasteiger partial charge in [0.2, 0.25) is 11.1 Å². The van der Waals surface area contributed by atoms with Gasteiger partial charge in [-0.3, -0.25) is 4.79 Å². The van der Waals surface area contributed by atoms with Crippen molar-refractivity contribution < 1.29 is 4.79 Å². The van der Waals surface area contributed by atoms with Crippen LogP contribution in [0.15, 0.2) is 29.4 Å². The lowest BCUT2D eigenvalue weighted by molar-refractivity contribution is -0.119. The first-order valence-electron chi connectivity index (χ1n) is 8.71. The van der Waals surface area contributed by atoms with Crippen LogP contribution in [-0.4, -0.2) is 37.5 Å². The Hall–Kier alpha value is -2.15. The number of amides is 1. The molecule has 132 valence electrons.